The Morgan fingerprint density at radius 1 is 1.35 bits per heavy atom. The summed E-state index contributed by atoms with van der Waals surface area (Å²) in [4.78, 5) is 24.9. The van der Waals surface area contributed by atoms with Crippen LogP contribution in [0.15, 0.2) is 24.3 Å². The predicted molar refractivity (Wildman–Crippen MR) is 75.4 cm³/mol. The van der Waals surface area contributed by atoms with Crippen LogP contribution in [-0.4, -0.2) is 34.6 Å². The highest BCUT2D eigenvalue weighted by molar-refractivity contribution is 5.82. The van der Waals surface area contributed by atoms with E-state index in [2.05, 4.69) is 11.4 Å². The van der Waals surface area contributed by atoms with E-state index in [0.29, 0.717) is 19.5 Å². The maximum atomic E-state index is 12.2. The van der Waals surface area contributed by atoms with E-state index in [1.807, 2.05) is 18.2 Å². The van der Waals surface area contributed by atoms with Crippen molar-refractivity contribution in [2.75, 3.05) is 6.54 Å². The number of urea groups is 1. The molecule has 108 valence electrons. The van der Waals surface area contributed by atoms with E-state index in [1.54, 1.807) is 11.8 Å². The minimum absolute atomic E-state index is 0.295. The number of hydrogen-bond acceptors (Lipinski definition) is 2. The highest BCUT2D eigenvalue weighted by Crippen LogP contribution is 2.18. The number of rotatable bonds is 3. The third-order valence-electron chi connectivity index (χ3n) is 3.65. The number of fused-ring (bicyclic) bond motifs is 1. The van der Waals surface area contributed by atoms with Crippen molar-refractivity contribution in [3.63, 3.8) is 0 Å². The van der Waals surface area contributed by atoms with Crippen LogP contribution in [0.4, 0.5) is 4.79 Å². The average molecular weight is 276 g/mol. The molecule has 0 bridgehead atoms. The largest absolute Gasteiger partial charge is 0.480 e. The molecule has 2 amide bonds. The number of hydrogen-bond donors (Lipinski definition) is 2. The smallest absolute Gasteiger partial charge is 0.326 e. The number of carbonyl (C=O) groups is 2. The van der Waals surface area contributed by atoms with Crippen LogP contribution in [0, 0.1) is 0 Å². The van der Waals surface area contributed by atoms with E-state index in [4.69, 9.17) is 5.11 Å². The summed E-state index contributed by atoms with van der Waals surface area (Å²) < 4.78 is 0. The van der Waals surface area contributed by atoms with Crippen LogP contribution in [0.5, 0.6) is 0 Å². The summed E-state index contributed by atoms with van der Waals surface area (Å²) in [6.45, 7) is 2.94. The highest BCUT2D eigenvalue weighted by Gasteiger charge is 2.23. The van der Waals surface area contributed by atoms with Crippen LogP contribution in [0.2, 0.25) is 0 Å². The lowest BCUT2D eigenvalue weighted by molar-refractivity contribution is -0.139. The second-order valence-electron chi connectivity index (χ2n) is 5.04. The molecule has 0 radical (unpaired) electrons. The lowest BCUT2D eigenvalue weighted by Gasteiger charge is -2.23. The molecule has 0 spiro atoms. The van der Waals surface area contributed by atoms with Gasteiger partial charge in [-0.15, -0.1) is 0 Å². The van der Waals surface area contributed by atoms with E-state index < -0.39 is 12.0 Å². The van der Waals surface area contributed by atoms with Gasteiger partial charge in [0.2, 0.25) is 0 Å². The van der Waals surface area contributed by atoms with Crippen LogP contribution >= 0.6 is 0 Å². The van der Waals surface area contributed by atoms with E-state index in [0.717, 1.165) is 18.4 Å². The topological polar surface area (TPSA) is 69.6 Å². The van der Waals surface area contributed by atoms with Gasteiger partial charge in [0, 0.05) is 13.1 Å². The van der Waals surface area contributed by atoms with Crippen LogP contribution in [0.3, 0.4) is 0 Å². The Morgan fingerprint density at radius 2 is 2.05 bits per heavy atom. The molecule has 1 aliphatic rings. The van der Waals surface area contributed by atoms with Crippen molar-refractivity contribution in [2.45, 2.75) is 38.8 Å². The second kappa shape index (κ2) is 6.41. The number of nitrogens with one attached hydrogen (secondary N) is 1. The summed E-state index contributed by atoms with van der Waals surface area (Å²) in [6, 6.07) is 6.97. The Morgan fingerprint density at radius 3 is 2.70 bits per heavy atom. The molecule has 5 heteroatoms. The zero-order valence-corrected chi connectivity index (χ0v) is 11.6. The van der Waals surface area contributed by atoms with E-state index in [-0.39, 0.29) is 6.03 Å². The number of benzene rings is 1. The first-order valence-corrected chi connectivity index (χ1v) is 6.97. The Kier molecular flexibility index (Phi) is 4.61. The number of amides is 2. The minimum Gasteiger partial charge on any atom is -0.480 e. The van der Waals surface area contributed by atoms with Crippen LogP contribution < -0.4 is 5.32 Å². The Labute approximate surface area is 118 Å². The number of carbonyl (C=O) groups excluding carboxylic acids is 1. The van der Waals surface area contributed by atoms with Crippen molar-refractivity contribution in [2.24, 2.45) is 0 Å². The quantitative estimate of drug-likeness (QED) is 0.887. The summed E-state index contributed by atoms with van der Waals surface area (Å²) in [5, 5.41) is 11.6. The van der Waals surface area contributed by atoms with Crippen molar-refractivity contribution in [1.29, 1.82) is 0 Å². The molecule has 1 aromatic carbocycles. The molecule has 20 heavy (non-hydrogen) atoms. The molecule has 1 heterocycles. The van der Waals surface area contributed by atoms with Gasteiger partial charge in [0.25, 0.3) is 0 Å². The summed E-state index contributed by atoms with van der Waals surface area (Å²) in [7, 11) is 0. The molecule has 0 fully saturated rings. The SMILES string of the molecule is CC[C@@H](NC(=O)N1CCCc2ccccc2C1)C(=O)O. The van der Waals surface area contributed by atoms with Gasteiger partial charge in [-0.25, -0.2) is 9.59 Å². The van der Waals surface area contributed by atoms with Crippen molar-refractivity contribution < 1.29 is 14.7 Å². The molecule has 0 aromatic heterocycles. The zero-order valence-electron chi connectivity index (χ0n) is 11.6. The molecule has 0 saturated heterocycles. The zero-order chi connectivity index (χ0) is 14.5. The van der Waals surface area contributed by atoms with Gasteiger partial charge >= 0.3 is 12.0 Å². The lowest BCUT2D eigenvalue weighted by atomic mass is 10.0. The van der Waals surface area contributed by atoms with Crippen molar-refractivity contribution in [3.8, 4) is 0 Å². The Bertz CT molecular complexity index is 502. The Hall–Kier alpha value is -2.04. The van der Waals surface area contributed by atoms with Crippen molar-refractivity contribution in [3.05, 3.63) is 35.4 Å². The normalized spacial score (nSPS) is 15.9. The number of carboxylic acid groups (broad SMARTS) is 1. The number of nitrogens with zero attached hydrogens (tertiary/aromatic N) is 1. The third kappa shape index (κ3) is 3.29. The number of aryl methyl sites for hydroxylation is 1. The van der Waals surface area contributed by atoms with Gasteiger partial charge < -0.3 is 15.3 Å². The molecule has 0 aliphatic carbocycles. The third-order valence-corrected chi connectivity index (χ3v) is 3.65. The fourth-order valence-corrected chi connectivity index (χ4v) is 2.45. The predicted octanol–water partition coefficient (Wildman–Crippen LogP) is 2.01. The maximum Gasteiger partial charge on any atom is 0.326 e. The Balaban J connectivity index is 2.06. The van der Waals surface area contributed by atoms with Crippen LogP contribution in [0.25, 0.3) is 0 Å². The minimum atomic E-state index is -0.990. The molecule has 0 saturated carbocycles. The van der Waals surface area contributed by atoms with E-state index in [9.17, 15) is 9.59 Å². The van der Waals surface area contributed by atoms with E-state index in [1.165, 1.54) is 5.56 Å². The standard InChI is InChI=1S/C15H20N2O3/c1-2-13(14(18)19)16-15(20)17-9-5-8-11-6-3-4-7-12(11)10-17/h3-4,6-7,13H,2,5,8-10H2,1H3,(H,16,20)(H,18,19)/t13-/m1/s1. The first-order valence-electron chi connectivity index (χ1n) is 6.97. The van der Waals surface area contributed by atoms with Gasteiger partial charge in [0.15, 0.2) is 0 Å². The molecule has 2 rings (SSSR count). The summed E-state index contributed by atoms with van der Waals surface area (Å²) in [5.41, 5.74) is 2.41. The number of carboxylic acids is 1. The van der Waals surface area contributed by atoms with Gasteiger partial charge in [-0.3, -0.25) is 0 Å². The molecule has 1 aromatic rings. The summed E-state index contributed by atoms with van der Waals surface area (Å²) in [5.74, 6) is -0.990. The number of aliphatic carboxylic acids is 1. The van der Waals surface area contributed by atoms with Crippen molar-refractivity contribution in [1.82, 2.24) is 10.2 Å². The maximum absolute atomic E-state index is 12.2. The second-order valence-corrected chi connectivity index (χ2v) is 5.04. The fraction of sp³-hybridized carbons (Fsp3) is 0.467. The molecular formula is C15H20N2O3. The summed E-state index contributed by atoms with van der Waals surface area (Å²) >= 11 is 0. The highest BCUT2D eigenvalue weighted by atomic mass is 16.4. The van der Waals surface area contributed by atoms with Gasteiger partial charge in [-0.05, 0) is 30.4 Å². The van der Waals surface area contributed by atoms with Gasteiger partial charge in [0.05, 0.1) is 0 Å². The monoisotopic (exact) mass is 276 g/mol. The average Bonchev–Trinajstić information content (AvgIpc) is 2.66. The summed E-state index contributed by atoms with van der Waals surface area (Å²) in [6.07, 6.45) is 2.23. The molecule has 5 nitrogen and oxygen atoms in total. The van der Waals surface area contributed by atoms with Gasteiger partial charge in [0.1, 0.15) is 6.04 Å². The fourth-order valence-electron chi connectivity index (χ4n) is 2.45. The lowest BCUT2D eigenvalue weighted by Crippen LogP contribution is -2.47. The van der Waals surface area contributed by atoms with E-state index >= 15 is 0 Å². The van der Waals surface area contributed by atoms with Gasteiger partial charge in [-0.1, -0.05) is 31.2 Å². The molecule has 1 aliphatic heterocycles. The molecular weight excluding hydrogens is 256 g/mol. The molecule has 1 atom stereocenters. The first kappa shape index (κ1) is 14.4. The van der Waals surface area contributed by atoms with Crippen LogP contribution in [-0.2, 0) is 17.8 Å². The molecule has 2 N–H and O–H groups in total. The first-order chi connectivity index (χ1) is 9.61. The van der Waals surface area contributed by atoms with Crippen LogP contribution in [0.1, 0.15) is 30.9 Å². The molecule has 0 unspecified atom stereocenters. The van der Waals surface area contributed by atoms with Gasteiger partial charge in [-0.2, -0.15) is 0 Å². The van der Waals surface area contributed by atoms with Crippen molar-refractivity contribution >= 4 is 12.0 Å².